The number of halogens is 4. The molecule has 0 aliphatic rings. The zero-order valence-electron chi connectivity index (χ0n) is 11.2. The normalized spacial score (nSPS) is 12.3. The first-order chi connectivity index (χ1) is 9.93. The molecule has 0 heterocycles. The van der Waals surface area contributed by atoms with E-state index in [4.69, 9.17) is 56.9 Å². The molecule has 2 aromatic carbocycles. The first kappa shape index (κ1) is 16.7. The molecule has 1 unspecified atom stereocenters. The van der Waals surface area contributed by atoms with Gasteiger partial charge in [0.1, 0.15) is 5.75 Å². The highest BCUT2D eigenvalue weighted by molar-refractivity contribution is 6.36. The van der Waals surface area contributed by atoms with Gasteiger partial charge in [-0.3, -0.25) is 0 Å². The van der Waals surface area contributed by atoms with Crippen LogP contribution >= 0.6 is 46.4 Å². The second kappa shape index (κ2) is 7.08. The van der Waals surface area contributed by atoms with E-state index in [0.717, 1.165) is 5.56 Å². The van der Waals surface area contributed by atoms with Crippen molar-refractivity contribution in [3.05, 3.63) is 61.5 Å². The van der Waals surface area contributed by atoms with Crippen LogP contribution in [-0.2, 0) is 0 Å². The molecule has 0 saturated carbocycles. The Bertz CT molecular complexity index is 660. The van der Waals surface area contributed by atoms with Crippen LogP contribution in [0.1, 0.15) is 24.1 Å². The van der Waals surface area contributed by atoms with Crippen molar-refractivity contribution in [2.75, 3.05) is 6.61 Å². The fourth-order valence-electron chi connectivity index (χ4n) is 1.97. The van der Waals surface area contributed by atoms with Crippen LogP contribution in [0.3, 0.4) is 0 Å². The van der Waals surface area contributed by atoms with Crippen LogP contribution < -0.4 is 10.5 Å². The quantitative estimate of drug-likeness (QED) is 0.749. The van der Waals surface area contributed by atoms with E-state index in [2.05, 4.69) is 0 Å². The van der Waals surface area contributed by atoms with Crippen molar-refractivity contribution in [2.45, 2.75) is 13.0 Å². The molecule has 0 spiro atoms. The molecule has 21 heavy (non-hydrogen) atoms. The number of ether oxygens (including phenoxy) is 1. The minimum atomic E-state index is -0.504. The standard InChI is InChI=1S/C15H13Cl4NO/c1-2-21-14-7-12(18)10(6-13(14)19)15(20)9-4-3-8(16)5-11(9)17/h3-7,15H,2,20H2,1H3. The van der Waals surface area contributed by atoms with Crippen LogP contribution in [0.25, 0.3) is 0 Å². The van der Waals surface area contributed by atoms with Gasteiger partial charge in [0.05, 0.1) is 17.7 Å². The van der Waals surface area contributed by atoms with E-state index in [1.807, 2.05) is 6.92 Å². The van der Waals surface area contributed by atoms with Gasteiger partial charge in [-0.25, -0.2) is 0 Å². The Morgan fingerprint density at radius 2 is 1.62 bits per heavy atom. The highest BCUT2D eigenvalue weighted by Gasteiger charge is 2.18. The van der Waals surface area contributed by atoms with Crippen LogP contribution in [0.15, 0.2) is 30.3 Å². The molecular formula is C15H13Cl4NO. The van der Waals surface area contributed by atoms with Gasteiger partial charge in [0, 0.05) is 21.1 Å². The van der Waals surface area contributed by atoms with Crippen molar-refractivity contribution in [1.82, 2.24) is 0 Å². The summed E-state index contributed by atoms with van der Waals surface area (Å²) < 4.78 is 5.40. The second-order valence-corrected chi connectivity index (χ2v) is 6.04. The lowest BCUT2D eigenvalue weighted by molar-refractivity contribution is 0.340. The van der Waals surface area contributed by atoms with Crippen molar-refractivity contribution in [1.29, 1.82) is 0 Å². The monoisotopic (exact) mass is 363 g/mol. The Labute approximate surface area is 143 Å². The van der Waals surface area contributed by atoms with Gasteiger partial charge in [0.2, 0.25) is 0 Å². The minimum absolute atomic E-state index is 0.455. The topological polar surface area (TPSA) is 35.2 Å². The molecule has 0 bridgehead atoms. The summed E-state index contributed by atoms with van der Waals surface area (Å²) in [7, 11) is 0. The Kier molecular flexibility index (Phi) is 5.64. The molecule has 6 heteroatoms. The van der Waals surface area contributed by atoms with Crippen molar-refractivity contribution < 1.29 is 4.74 Å². The predicted molar refractivity (Wildman–Crippen MR) is 90.1 cm³/mol. The van der Waals surface area contributed by atoms with E-state index in [1.54, 1.807) is 30.3 Å². The summed E-state index contributed by atoms with van der Waals surface area (Å²) in [4.78, 5) is 0. The first-order valence-electron chi connectivity index (χ1n) is 6.26. The summed E-state index contributed by atoms with van der Waals surface area (Å²) in [5, 5.41) is 1.96. The van der Waals surface area contributed by atoms with E-state index in [-0.39, 0.29) is 0 Å². The molecule has 0 amide bonds. The lowest BCUT2D eigenvalue weighted by Crippen LogP contribution is -2.13. The van der Waals surface area contributed by atoms with Crippen LogP contribution in [0.2, 0.25) is 20.1 Å². The minimum Gasteiger partial charge on any atom is -0.492 e. The maximum atomic E-state index is 6.28. The number of nitrogens with two attached hydrogens (primary N) is 1. The molecule has 2 rings (SSSR count). The molecule has 2 aromatic rings. The van der Waals surface area contributed by atoms with Gasteiger partial charge in [-0.2, -0.15) is 0 Å². The van der Waals surface area contributed by atoms with Crippen LogP contribution in [0.5, 0.6) is 5.75 Å². The highest BCUT2D eigenvalue weighted by atomic mass is 35.5. The third kappa shape index (κ3) is 3.77. The summed E-state index contributed by atoms with van der Waals surface area (Å²) in [5.41, 5.74) is 7.65. The van der Waals surface area contributed by atoms with Gasteiger partial charge in [0.15, 0.2) is 0 Å². The van der Waals surface area contributed by atoms with Gasteiger partial charge in [-0.1, -0.05) is 52.5 Å². The summed E-state index contributed by atoms with van der Waals surface area (Å²) >= 11 is 24.5. The van der Waals surface area contributed by atoms with Crippen molar-refractivity contribution in [2.24, 2.45) is 5.73 Å². The van der Waals surface area contributed by atoms with E-state index in [9.17, 15) is 0 Å². The van der Waals surface area contributed by atoms with E-state index >= 15 is 0 Å². The molecule has 0 aliphatic carbocycles. The maximum absolute atomic E-state index is 6.28. The van der Waals surface area contributed by atoms with Crippen molar-refractivity contribution >= 4 is 46.4 Å². The molecule has 0 saturated heterocycles. The highest BCUT2D eigenvalue weighted by Crippen LogP contribution is 2.37. The van der Waals surface area contributed by atoms with E-state index in [0.29, 0.717) is 38.0 Å². The van der Waals surface area contributed by atoms with Gasteiger partial charge in [0.25, 0.3) is 0 Å². The zero-order chi connectivity index (χ0) is 15.6. The Morgan fingerprint density at radius 1 is 0.952 bits per heavy atom. The third-order valence-electron chi connectivity index (χ3n) is 2.98. The van der Waals surface area contributed by atoms with E-state index < -0.39 is 6.04 Å². The Hall–Kier alpha value is -0.640. The molecule has 0 aliphatic heterocycles. The zero-order valence-corrected chi connectivity index (χ0v) is 14.2. The predicted octanol–water partition coefficient (Wildman–Crippen LogP) is 5.75. The molecule has 2 N–H and O–H groups in total. The fraction of sp³-hybridized carbons (Fsp3) is 0.200. The summed E-state index contributed by atoms with van der Waals surface area (Å²) in [6.45, 7) is 2.38. The van der Waals surface area contributed by atoms with Crippen LogP contribution in [0, 0.1) is 0 Å². The molecule has 0 fully saturated rings. The molecule has 112 valence electrons. The summed E-state index contributed by atoms with van der Waals surface area (Å²) in [6.07, 6.45) is 0. The average molecular weight is 365 g/mol. The van der Waals surface area contributed by atoms with Crippen LogP contribution in [0.4, 0.5) is 0 Å². The number of benzene rings is 2. The number of hydrogen-bond donors (Lipinski definition) is 1. The first-order valence-corrected chi connectivity index (χ1v) is 7.77. The smallest absolute Gasteiger partial charge is 0.139 e. The van der Waals surface area contributed by atoms with Crippen molar-refractivity contribution in [3.63, 3.8) is 0 Å². The maximum Gasteiger partial charge on any atom is 0.139 e. The second-order valence-electron chi connectivity index (χ2n) is 4.38. The Morgan fingerprint density at radius 3 is 2.24 bits per heavy atom. The van der Waals surface area contributed by atoms with Crippen molar-refractivity contribution in [3.8, 4) is 5.75 Å². The van der Waals surface area contributed by atoms with E-state index in [1.165, 1.54) is 0 Å². The molecule has 2 nitrogen and oxygen atoms in total. The molecule has 0 radical (unpaired) electrons. The summed E-state index contributed by atoms with van der Waals surface area (Å²) in [5.74, 6) is 0.530. The SMILES string of the molecule is CCOc1cc(Cl)c(C(N)c2ccc(Cl)cc2Cl)cc1Cl. The Balaban J connectivity index is 2.43. The third-order valence-corrected chi connectivity index (χ3v) is 4.17. The molecule has 0 aromatic heterocycles. The van der Waals surface area contributed by atoms with Crippen LogP contribution in [-0.4, -0.2) is 6.61 Å². The van der Waals surface area contributed by atoms with Gasteiger partial charge in [-0.05, 0) is 36.2 Å². The number of rotatable bonds is 4. The lowest BCUT2D eigenvalue weighted by atomic mass is 9.99. The molecular weight excluding hydrogens is 352 g/mol. The van der Waals surface area contributed by atoms with Gasteiger partial charge < -0.3 is 10.5 Å². The lowest BCUT2D eigenvalue weighted by Gasteiger charge is -2.17. The fourth-order valence-corrected chi connectivity index (χ4v) is 2.99. The van der Waals surface area contributed by atoms with Gasteiger partial charge >= 0.3 is 0 Å². The summed E-state index contributed by atoms with van der Waals surface area (Å²) in [6, 6.07) is 8.00. The average Bonchev–Trinajstić information content (AvgIpc) is 2.42. The molecule has 1 atom stereocenters. The largest absolute Gasteiger partial charge is 0.492 e. The number of hydrogen-bond acceptors (Lipinski definition) is 2. The van der Waals surface area contributed by atoms with Gasteiger partial charge in [-0.15, -0.1) is 0 Å².